The van der Waals surface area contributed by atoms with Crippen LogP contribution in [0.4, 0.5) is 0 Å². The molecular formula is C10H21N. The van der Waals surface area contributed by atoms with Crippen molar-refractivity contribution in [2.24, 2.45) is 5.41 Å². The molecule has 0 unspecified atom stereocenters. The summed E-state index contributed by atoms with van der Waals surface area (Å²) >= 11 is 0. The highest BCUT2D eigenvalue weighted by Gasteiger charge is 2.18. The van der Waals surface area contributed by atoms with Crippen LogP contribution in [-0.2, 0) is 0 Å². The van der Waals surface area contributed by atoms with Crippen molar-refractivity contribution in [1.82, 2.24) is 4.90 Å². The first-order valence-corrected chi connectivity index (χ1v) is 4.31. The molecule has 1 nitrogen and oxygen atoms in total. The maximum Gasteiger partial charge on any atom is 0.0143 e. The molecule has 0 amide bonds. The van der Waals surface area contributed by atoms with E-state index in [4.69, 9.17) is 0 Å². The lowest BCUT2D eigenvalue weighted by molar-refractivity contribution is 0.321. The zero-order valence-corrected chi connectivity index (χ0v) is 8.73. The minimum Gasteiger partial charge on any atom is -0.378 e. The van der Waals surface area contributed by atoms with Crippen molar-refractivity contribution < 1.29 is 0 Å². The predicted octanol–water partition coefficient (Wildman–Crippen LogP) is 2.89. The van der Waals surface area contributed by atoms with Gasteiger partial charge in [-0.25, -0.2) is 0 Å². The van der Waals surface area contributed by atoms with Crippen LogP contribution < -0.4 is 0 Å². The van der Waals surface area contributed by atoms with Crippen LogP contribution in [0.3, 0.4) is 0 Å². The molecule has 1 heteroatoms. The molecule has 0 spiro atoms. The van der Waals surface area contributed by atoms with E-state index >= 15 is 0 Å². The molecular weight excluding hydrogens is 134 g/mol. The molecule has 0 aliphatic rings. The normalized spacial score (nSPS) is 13.5. The number of hydrogen-bond acceptors (Lipinski definition) is 1. The fourth-order valence-corrected chi connectivity index (χ4v) is 1.40. The molecule has 0 aromatic carbocycles. The highest BCUT2D eigenvalue weighted by molar-refractivity contribution is 5.07. The molecule has 0 bridgehead atoms. The average Bonchev–Trinajstić information content (AvgIpc) is 1.86. The van der Waals surface area contributed by atoms with E-state index in [1.807, 2.05) is 0 Å². The SMILES string of the molecule is C/C=C(\N(C)CC)C(C)(C)C. The lowest BCUT2D eigenvalue weighted by atomic mass is 9.91. The Morgan fingerprint density at radius 3 is 1.91 bits per heavy atom. The Bertz CT molecular complexity index is 139. The Hall–Kier alpha value is -0.460. The molecule has 0 fully saturated rings. The summed E-state index contributed by atoms with van der Waals surface area (Å²) in [4.78, 5) is 2.29. The maximum absolute atomic E-state index is 2.29. The van der Waals surface area contributed by atoms with E-state index in [0.29, 0.717) is 0 Å². The van der Waals surface area contributed by atoms with Gasteiger partial charge < -0.3 is 4.90 Å². The third-order valence-electron chi connectivity index (χ3n) is 1.93. The van der Waals surface area contributed by atoms with Gasteiger partial charge in [-0.15, -0.1) is 0 Å². The van der Waals surface area contributed by atoms with Crippen LogP contribution in [-0.4, -0.2) is 18.5 Å². The third-order valence-corrected chi connectivity index (χ3v) is 1.93. The molecule has 0 aliphatic heterocycles. The number of nitrogens with zero attached hydrogens (tertiary/aromatic N) is 1. The third kappa shape index (κ3) is 2.96. The van der Waals surface area contributed by atoms with Crippen LogP contribution in [0.1, 0.15) is 34.6 Å². The second kappa shape index (κ2) is 3.80. The fourth-order valence-electron chi connectivity index (χ4n) is 1.40. The molecule has 0 atom stereocenters. The maximum atomic E-state index is 2.29. The standard InChI is InChI=1S/C10H21N/c1-7-9(10(3,4)5)11(6)8-2/h7H,8H2,1-6H3/b9-7-. The van der Waals surface area contributed by atoms with Gasteiger partial charge in [0.05, 0.1) is 0 Å². The molecule has 0 aromatic rings. The highest BCUT2D eigenvalue weighted by atomic mass is 15.1. The summed E-state index contributed by atoms with van der Waals surface area (Å²) in [5, 5.41) is 0. The van der Waals surface area contributed by atoms with Crippen molar-refractivity contribution in [2.75, 3.05) is 13.6 Å². The lowest BCUT2D eigenvalue weighted by Gasteiger charge is -2.31. The van der Waals surface area contributed by atoms with Crippen LogP contribution in [0, 0.1) is 5.41 Å². The summed E-state index contributed by atoms with van der Waals surface area (Å²) in [6, 6.07) is 0. The summed E-state index contributed by atoms with van der Waals surface area (Å²) < 4.78 is 0. The van der Waals surface area contributed by atoms with E-state index in [9.17, 15) is 0 Å². The van der Waals surface area contributed by atoms with Crippen LogP contribution in [0.5, 0.6) is 0 Å². The summed E-state index contributed by atoms with van der Waals surface area (Å²) in [5.41, 5.74) is 1.69. The Labute approximate surface area is 71.1 Å². The van der Waals surface area contributed by atoms with Crippen LogP contribution >= 0.6 is 0 Å². The van der Waals surface area contributed by atoms with Gasteiger partial charge in [0.1, 0.15) is 0 Å². The number of rotatable bonds is 2. The van der Waals surface area contributed by atoms with Crippen molar-refractivity contribution in [1.29, 1.82) is 0 Å². The monoisotopic (exact) mass is 155 g/mol. The van der Waals surface area contributed by atoms with Crippen molar-refractivity contribution >= 4 is 0 Å². The van der Waals surface area contributed by atoms with Gasteiger partial charge in [-0.1, -0.05) is 26.8 Å². The van der Waals surface area contributed by atoms with E-state index in [2.05, 4.69) is 52.6 Å². The summed E-state index contributed by atoms with van der Waals surface area (Å²) in [5.74, 6) is 0. The Morgan fingerprint density at radius 2 is 1.82 bits per heavy atom. The molecule has 0 N–H and O–H groups in total. The molecule has 0 saturated carbocycles. The van der Waals surface area contributed by atoms with E-state index in [-0.39, 0.29) is 5.41 Å². The van der Waals surface area contributed by atoms with Gasteiger partial charge in [0.15, 0.2) is 0 Å². The fraction of sp³-hybridized carbons (Fsp3) is 0.800. The summed E-state index contributed by atoms with van der Waals surface area (Å²) in [7, 11) is 2.14. The van der Waals surface area contributed by atoms with E-state index in [1.165, 1.54) is 5.70 Å². The molecule has 0 rings (SSSR count). The zero-order chi connectivity index (χ0) is 9.07. The Morgan fingerprint density at radius 1 is 1.36 bits per heavy atom. The number of allylic oxidation sites excluding steroid dienone is 2. The molecule has 11 heavy (non-hydrogen) atoms. The first-order chi connectivity index (χ1) is 4.93. The predicted molar refractivity (Wildman–Crippen MR) is 51.5 cm³/mol. The second-order valence-electron chi connectivity index (χ2n) is 3.94. The second-order valence-corrected chi connectivity index (χ2v) is 3.94. The van der Waals surface area contributed by atoms with Gasteiger partial charge in [0.2, 0.25) is 0 Å². The van der Waals surface area contributed by atoms with E-state index in [0.717, 1.165) is 6.54 Å². The van der Waals surface area contributed by atoms with Gasteiger partial charge in [0.25, 0.3) is 0 Å². The van der Waals surface area contributed by atoms with E-state index in [1.54, 1.807) is 0 Å². The van der Waals surface area contributed by atoms with Gasteiger partial charge >= 0.3 is 0 Å². The van der Waals surface area contributed by atoms with Crippen molar-refractivity contribution in [2.45, 2.75) is 34.6 Å². The van der Waals surface area contributed by atoms with Gasteiger partial charge in [-0.05, 0) is 13.8 Å². The van der Waals surface area contributed by atoms with Crippen LogP contribution in [0.25, 0.3) is 0 Å². The van der Waals surface area contributed by atoms with Crippen molar-refractivity contribution in [3.63, 3.8) is 0 Å². The molecule has 66 valence electrons. The smallest absolute Gasteiger partial charge is 0.0143 e. The minimum atomic E-state index is 0.277. The van der Waals surface area contributed by atoms with Crippen LogP contribution in [0.2, 0.25) is 0 Å². The first kappa shape index (κ1) is 10.5. The Balaban J connectivity index is 4.44. The lowest BCUT2D eigenvalue weighted by Crippen LogP contribution is -2.26. The van der Waals surface area contributed by atoms with Crippen molar-refractivity contribution in [3.8, 4) is 0 Å². The summed E-state index contributed by atoms with van der Waals surface area (Å²) in [6.45, 7) is 12.1. The molecule has 0 radical (unpaired) electrons. The van der Waals surface area contributed by atoms with Gasteiger partial charge in [-0.3, -0.25) is 0 Å². The molecule has 0 aromatic heterocycles. The summed E-state index contributed by atoms with van der Waals surface area (Å²) in [6.07, 6.45) is 2.20. The van der Waals surface area contributed by atoms with E-state index < -0.39 is 0 Å². The topological polar surface area (TPSA) is 3.24 Å². The first-order valence-electron chi connectivity index (χ1n) is 4.31. The average molecular weight is 155 g/mol. The molecule has 0 saturated heterocycles. The van der Waals surface area contributed by atoms with Crippen molar-refractivity contribution in [3.05, 3.63) is 11.8 Å². The van der Waals surface area contributed by atoms with Gasteiger partial charge in [-0.2, -0.15) is 0 Å². The minimum absolute atomic E-state index is 0.277. The molecule has 0 heterocycles. The highest BCUT2D eigenvalue weighted by Crippen LogP contribution is 2.26. The zero-order valence-electron chi connectivity index (χ0n) is 8.73. The quantitative estimate of drug-likeness (QED) is 0.592. The Kier molecular flexibility index (Phi) is 3.64. The van der Waals surface area contributed by atoms with Crippen LogP contribution in [0.15, 0.2) is 11.8 Å². The number of hydrogen-bond donors (Lipinski definition) is 0. The van der Waals surface area contributed by atoms with Gasteiger partial charge in [0, 0.05) is 24.7 Å². The molecule has 0 aliphatic carbocycles. The largest absolute Gasteiger partial charge is 0.378 e.